The molecule has 0 saturated heterocycles. The van der Waals surface area contributed by atoms with E-state index in [1.807, 2.05) is 6.92 Å². The summed E-state index contributed by atoms with van der Waals surface area (Å²) in [6.07, 6.45) is 2.75. The van der Waals surface area contributed by atoms with Crippen molar-refractivity contribution >= 4 is 21.7 Å². The number of halogens is 1. The average molecular weight is 291 g/mol. The highest BCUT2D eigenvalue weighted by molar-refractivity contribution is 7.86. The van der Waals surface area contributed by atoms with E-state index in [1.165, 1.54) is 6.07 Å². The first-order valence-corrected chi connectivity index (χ1v) is 7.84. The quantitative estimate of drug-likeness (QED) is 0.838. The van der Waals surface area contributed by atoms with Crippen molar-refractivity contribution in [1.29, 1.82) is 0 Å². The van der Waals surface area contributed by atoms with Crippen LogP contribution < -0.4 is 0 Å². The number of benzene rings is 1. The van der Waals surface area contributed by atoms with E-state index < -0.39 is 10.1 Å². The number of aryl methyl sites for hydroxylation is 1. The summed E-state index contributed by atoms with van der Waals surface area (Å²) in [6.45, 7) is 6.16. The van der Waals surface area contributed by atoms with E-state index in [-0.39, 0.29) is 9.92 Å². The molecule has 0 aliphatic carbocycles. The Morgan fingerprint density at radius 2 is 2.00 bits per heavy atom. The molecule has 102 valence electrons. The molecule has 0 aromatic heterocycles. The van der Waals surface area contributed by atoms with Gasteiger partial charge in [-0.15, -0.1) is 0 Å². The van der Waals surface area contributed by atoms with Crippen molar-refractivity contribution in [3.63, 3.8) is 0 Å². The maximum Gasteiger partial charge on any atom is 0.296 e. The third-order valence-corrected chi connectivity index (χ3v) is 4.74. The number of hydrogen-bond donors (Lipinski definition) is 1. The Hall–Kier alpha value is -0.580. The lowest BCUT2D eigenvalue weighted by molar-refractivity contribution is 0.483. The molecule has 1 atom stereocenters. The monoisotopic (exact) mass is 290 g/mol. The summed E-state index contributed by atoms with van der Waals surface area (Å²) in [5.74, 6) is 0.565. The van der Waals surface area contributed by atoms with Crippen LogP contribution in [0, 0.1) is 12.8 Å². The Bertz CT molecular complexity index is 523. The van der Waals surface area contributed by atoms with Crippen molar-refractivity contribution in [2.24, 2.45) is 5.92 Å². The number of rotatable bonds is 5. The molecule has 0 spiro atoms. The molecule has 0 aliphatic rings. The standard InChI is InChI=1S/C13H19ClO3S/c1-4-9(2)5-7-11-10(3)6-8-12(13(11)14)18(15,16)17/h6,8-9H,4-5,7H2,1-3H3,(H,15,16,17). The Morgan fingerprint density at radius 1 is 1.39 bits per heavy atom. The maximum atomic E-state index is 11.2. The highest BCUT2D eigenvalue weighted by Crippen LogP contribution is 2.29. The Balaban J connectivity index is 3.11. The van der Waals surface area contributed by atoms with Crippen molar-refractivity contribution in [1.82, 2.24) is 0 Å². The van der Waals surface area contributed by atoms with Gasteiger partial charge in [0.25, 0.3) is 10.1 Å². The predicted molar refractivity (Wildman–Crippen MR) is 73.8 cm³/mol. The molecule has 0 saturated carbocycles. The van der Waals surface area contributed by atoms with E-state index in [0.717, 1.165) is 30.4 Å². The molecular formula is C13H19ClO3S. The second-order valence-corrected chi connectivity index (χ2v) is 6.47. The zero-order chi connectivity index (χ0) is 13.9. The highest BCUT2D eigenvalue weighted by atomic mass is 35.5. The molecule has 1 aromatic carbocycles. The Labute approximate surface area is 114 Å². The lowest BCUT2D eigenvalue weighted by Gasteiger charge is -2.13. The van der Waals surface area contributed by atoms with Crippen LogP contribution in [0.3, 0.4) is 0 Å². The fourth-order valence-electron chi connectivity index (χ4n) is 1.80. The van der Waals surface area contributed by atoms with Crippen LogP contribution in [0.15, 0.2) is 17.0 Å². The van der Waals surface area contributed by atoms with E-state index in [2.05, 4.69) is 13.8 Å². The SMILES string of the molecule is CCC(C)CCc1c(C)ccc(S(=O)(=O)O)c1Cl. The zero-order valence-corrected chi connectivity index (χ0v) is 12.5. The minimum absolute atomic E-state index is 0.154. The molecular weight excluding hydrogens is 272 g/mol. The first-order chi connectivity index (χ1) is 8.27. The van der Waals surface area contributed by atoms with Crippen molar-refractivity contribution in [2.45, 2.75) is 44.9 Å². The smallest absolute Gasteiger partial charge is 0.282 e. The predicted octanol–water partition coefficient (Wildman–Crippen LogP) is 3.87. The topological polar surface area (TPSA) is 54.4 Å². The van der Waals surface area contributed by atoms with Crippen LogP contribution >= 0.6 is 11.6 Å². The molecule has 18 heavy (non-hydrogen) atoms. The molecule has 0 radical (unpaired) electrons. The van der Waals surface area contributed by atoms with Gasteiger partial charge in [-0.3, -0.25) is 4.55 Å². The van der Waals surface area contributed by atoms with Crippen LogP contribution in [-0.2, 0) is 16.5 Å². The second-order valence-electron chi connectivity index (χ2n) is 4.70. The van der Waals surface area contributed by atoms with Crippen LogP contribution in [0.1, 0.15) is 37.8 Å². The summed E-state index contributed by atoms with van der Waals surface area (Å²) in [7, 11) is -4.25. The van der Waals surface area contributed by atoms with Gasteiger partial charge in [-0.25, -0.2) is 0 Å². The van der Waals surface area contributed by atoms with Gasteiger partial charge in [0.05, 0.1) is 5.02 Å². The molecule has 5 heteroatoms. The van der Waals surface area contributed by atoms with Crippen LogP contribution in [0.5, 0.6) is 0 Å². The van der Waals surface area contributed by atoms with Crippen LogP contribution in [-0.4, -0.2) is 13.0 Å². The second kappa shape index (κ2) is 6.04. The van der Waals surface area contributed by atoms with Gasteiger partial charge in [-0.05, 0) is 42.9 Å². The fraction of sp³-hybridized carbons (Fsp3) is 0.538. The van der Waals surface area contributed by atoms with Gasteiger partial charge < -0.3 is 0 Å². The van der Waals surface area contributed by atoms with Crippen LogP contribution in [0.4, 0.5) is 0 Å². The first kappa shape index (κ1) is 15.5. The lowest BCUT2D eigenvalue weighted by atomic mass is 9.96. The van der Waals surface area contributed by atoms with Gasteiger partial charge in [0.15, 0.2) is 0 Å². The van der Waals surface area contributed by atoms with Crippen LogP contribution in [0.25, 0.3) is 0 Å². The van der Waals surface area contributed by atoms with E-state index >= 15 is 0 Å². The van der Waals surface area contributed by atoms with Gasteiger partial charge in [0.1, 0.15) is 4.90 Å². The van der Waals surface area contributed by atoms with Gasteiger partial charge in [-0.2, -0.15) is 8.42 Å². The third kappa shape index (κ3) is 3.70. The largest absolute Gasteiger partial charge is 0.296 e. The number of hydrogen-bond acceptors (Lipinski definition) is 2. The third-order valence-electron chi connectivity index (χ3n) is 3.30. The Kier molecular flexibility index (Phi) is 5.20. The molecule has 1 N–H and O–H groups in total. The van der Waals surface area contributed by atoms with E-state index in [0.29, 0.717) is 5.92 Å². The fourth-order valence-corrected chi connectivity index (χ4v) is 2.99. The van der Waals surface area contributed by atoms with E-state index in [9.17, 15) is 8.42 Å². The molecule has 0 heterocycles. The van der Waals surface area contributed by atoms with E-state index in [1.54, 1.807) is 6.07 Å². The van der Waals surface area contributed by atoms with Crippen molar-refractivity contribution in [2.75, 3.05) is 0 Å². The van der Waals surface area contributed by atoms with Crippen LogP contribution in [0.2, 0.25) is 5.02 Å². The van der Waals surface area contributed by atoms with Crippen molar-refractivity contribution < 1.29 is 13.0 Å². The molecule has 1 rings (SSSR count). The van der Waals surface area contributed by atoms with Gasteiger partial charge in [-0.1, -0.05) is 37.9 Å². The maximum absolute atomic E-state index is 11.2. The lowest BCUT2D eigenvalue weighted by Crippen LogP contribution is -2.04. The summed E-state index contributed by atoms with van der Waals surface area (Å²) in [5.41, 5.74) is 1.77. The summed E-state index contributed by atoms with van der Waals surface area (Å²) in [6, 6.07) is 3.03. The zero-order valence-electron chi connectivity index (χ0n) is 10.9. The molecule has 1 unspecified atom stereocenters. The van der Waals surface area contributed by atoms with Crippen molar-refractivity contribution in [3.8, 4) is 0 Å². The minimum Gasteiger partial charge on any atom is -0.282 e. The van der Waals surface area contributed by atoms with Gasteiger partial charge in [0.2, 0.25) is 0 Å². The molecule has 0 bridgehead atoms. The highest BCUT2D eigenvalue weighted by Gasteiger charge is 2.18. The van der Waals surface area contributed by atoms with Gasteiger partial charge >= 0.3 is 0 Å². The summed E-state index contributed by atoms with van der Waals surface area (Å²) in [4.78, 5) is -0.200. The molecule has 3 nitrogen and oxygen atoms in total. The normalized spacial score (nSPS) is 13.6. The Morgan fingerprint density at radius 3 is 2.50 bits per heavy atom. The van der Waals surface area contributed by atoms with Crippen molar-refractivity contribution in [3.05, 3.63) is 28.3 Å². The first-order valence-electron chi connectivity index (χ1n) is 6.02. The van der Waals surface area contributed by atoms with E-state index in [4.69, 9.17) is 16.2 Å². The minimum atomic E-state index is -4.25. The molecule has 0 fully saturated rings. The summed E-state index contributed by atoms with van der Waals surface area (Å²) < 4.78 is 31.5. The molecule has 0 aliphatic heterocycles. The molecule has 0 amide bonds. The molecule has 1 aromatic rings. The van der Waals surface area contributed by atoms with Gasteiger partial charge in [0, 0.05) is 0 Å². The summed E-state index contributed by atoms with van der Waals surface area (Å²) >= 11 is 6.09. The average Bonchev–Trinajstić information content (AvgIpc) is 2.26. The summed E-state index contributed by atoms with van der Waals surface area (Å²) in [5, 5.41) is 0.154.